The van der Waals surface area contributed by atoms with E-state index in [4.69, 9.17) is 0 Å². The number of rotatable bonds is 1. The molecule has 1 aliphatic heterocycles. The number of carbonyl (C=O) groups is 1. The van der Waals surface area contributed by atoms with E-state index in [-0.39, 0.29) is 5.91 Å². The average Bonchev–Trinajstić information content (AvgIpc) is 1.58. The Labute approximate surface area is 42.9 Å². The van der Waals surface area contributed by atoms with E-state index in [1.54, 1.807) is 0 Å². The van der Waals surface area contributed by atoms with E-state index in [1.807, 2.05) is 0 Å². The average molecular weight is 99.1 g/mol. The Hall–Kier alpha value is -0.530. The Morgan fingerprint density at radius 3 is 2.71 bits per heavy atom. The van der Waals surface area contributed by atoms with Crippen molar-refractivity contribution in [2.24, 2.45) is 0 Å². The summed E-state index contributed by atoms with van der Waals surface area (Å²) in [5.41, 5.74) is 0. The molecule has 0 aromatic rings. The van der Waals surface area contributed by atoms with Crippen molar-refractivity contribution >= 4 is 5.91 Å². The Bertz CT molecular complexity index is 82.1. The fraction of sp³-hybridized carbons (Fsp3) is 0.800. The van der Waals surface area contributed by atoms with Crippen molar-refractivity contribution in [3.63, 3.8) is 0 Å². The van der Waals surface area contributed by atoms with Crippen LogP contribution in [0.5, 0.6) is 0 Å². The first-order valence-electron chi connectivity index (χ1n) is 2.62. The van der Waals surface area contributed by atoms with Gasteiger partial charge in [0.2, 0.25) is 5.91 Å². The summed E-state index contributed by atoms with van der Waals surface area (Å²) in [5, 5.41) is 2.75. The summed E-state index contributed by atoms with van der Waals surface area (Å²) in [5.74, 6) is 0.201. The molecule has 2 heteroatoms. The van der Waals surface area contributed by atoms with E-state index in [1.165, 1.54) is 0 Å². The highest BCUT2D eigenvalue weighted by atomic mass is 16.2. The van der Waals surface area contributed by atoms with Gasteiger partial charge in [-0.15, -0.1) is 0 Å². The maximum atomic E-state index is 10.2. The van der Waals surface area contributed by atoms with Gasteiger partial charge in [-0.3, -0.25) is 4.79 Å². The highest BCUT2D eigenvalue weighted by Gasteiger charge is 2.22. The van der Waals surface area contributed by atoms with E-state index in [0.29, 0.717) is 6.04 Å². The number of β-lactam (4-membered cyclic amide) rings is 1. The van der Waals surface area contributed by atoms with Crippen LogP contribution in [0.1, 0.15) is 19.8 Å². The van der Waals surface area contributed by atoms with E-state index in [2.05, 4.69) is 12.2 Å². The van der Waals surface area contributed by atoms with Crippen molar-refractivity contribution in [3.05, 3.63) is 0 Å². The lowest BCUT2D eigenvalue weighted by Gasteiger charge is -2.24. The molecule has 1 atom stereocenters. The summed E-state index contributed by atoms with van der Waals surface area (Å²) in [6, 6.07) is 0.493. The first-order valence-corrected chi connectivity index (χ1v) is 2.62. The molecule has 2 nitrogen and oxygen atoms in total. The molecule has 0 aromatic heterocycles. The zero-order valence-electron chi connectivity index (χ0n) is 4.40. The van der Waals surface area contributed by atoms with E-state index < -0.39 is 0 Å². The summed E-state index contributed by atoms with van der Waals surface area (Å²) in [6.07, 6.45) is 1.82. The predicted molar refractivity (Wildman–Crippen MR) is 26.8 cm³/mol. The van der Waals surface area contributed by atoms with Crippen LogP contribution in [-0.2, 0) is 4.79 Å². The third-order valence-electron chi connectivity index (χ3n) is 1.29. The Balaban J connectivity index is 2.17. The smallest absolute Gasteiger partial charge is 0.222 e. The number of nitrogens with one attached hydrogen (secondary N) is 1. The zero-order valence-corrected chi connectivity index (χ0v) is 4.40. The van der Waals surface area contributed by atoms with Gasteiger partial charge in [-0.2, -0.15) is 0 Å². The molecule has 1 N–H and O–H groups in total. The zero-order chi connectivity index (χ0) is 5.28. The van der Waals surface area contributed by atoms with Crippen molar-refractivity contribution in [2.75, 3.05) is 0 Å². The summed E-state index contributed by atoms with van der Waals surface area (Å²) >= 11 is 0. The van der Waals surface area contributed by atoms with Gasteiger partial charge in [0, 0.05) is 12.5 Å². The molecule has 1 saturated heterocycles. The second-order valence-electron chi connectivity index (χ2n) is 1.88. The van der Waals surface area contributed by atoms with Crippen molar-refractivity contribution in [1.82, 2.24) is 5.32 Å². The molecular weight excluding hydrogens is 90.1 g/mol. The van der Waals surface area contributed by atoms with Crippen LogP contribution < -0.4 is 5.32 Å². The topological polar surface area (TPSA) is 29.1 Å². The molecule has 1 heterocycles. The summed E-state index contributed by atoms with van der Waals surface area (Å²) < 4.78 is 0. The second kappa shape index (κ2) is 1.52. The van der Waals surface area contributed by atoms with Gasteiger partial charge in [-0.25, -0.2) is 0 Å². The van der Waals surface area contributed by atoms with Crippen molar-refractivity contribution in [1.29, 1.82) is 0 Å². The largest absolute Gasteiger partial charge is 0.353 e. The maximum Gasteiger partial charge on any atom is 0.222 e. The van der Waals surface area contributed by atoms with Gasteiger partial charge in [0.15, 0.2) is 0 Å². The fourth-order valence-corrected chi connectivity index (χ4v) is 0.677. The predicted octanol–water partition coefficient (Wildman–Crippen LogP) is 0.285. The fourth-order valence-electron chi connectivity index (χ4n) is 0.677. The number of amides is 1. The van der Waals surface area contributed by atoms with Crippen LogP contribution in [0.25, 0.3) is 0 Å². The summed E-state index contributed by atoms with van der Waals surface area (Å²) in [7, 11) is 0. The van der Waals surface area contributed by atoms with Crippen LogP contribution in [0.4, 0.5) is 0 Å². The van der Waals surface area contributed by atoms with Crippen molar-refractivity contribution < 1.29 is 4.79 Å². The molecule has 0 radical (unpaired) electrons. The molecule has 1 rings (SSSR count). The first-order chi connectivity index (χ1) is 3.33. The third-order valence-corrected chi connectivity index (χ3v) is 1.29. The van der Waals surface area contributed by atoms with Gasteiger partial charge in [0.05, 0.1) is 0 Å². The van der Waals surface area contributed by atoms with Gasteiger partial charge < -0.3 is 5.32 Å². The molecule has 0 aliphatic carbocycles. The highest BCUT2D eigenvalue weighted by molar-refractivity contribution is 5.82. The summed E-state index contributed by atoms with van der Waals surface area (Å²) in [4.78, 5) is 10.2. The number of hydrogen-bond donors (Lipinski definition) is 1. The minimum absolute atomic E-state index is 0.201. The molecule has 0 aromatic carbocycles. The van der Waals surface area contributed by atoms with Gasteiger partial charge in [0.1, 0.15) is 0 Å². The van der Waals surface area contributed by atoms with Gasteiger partial charge in [-0.1, -0.05) is 6.92 Å². The highest BCUT2D eigenvalue weighted by Crippen LogP contribution is 2.05. The minimum atomic E-state index is 0.201. The maximum absolute atomic E-state index is 10.2. The molecular formula is C5H9NO. The van der Waals surface area contributed by atoms with E-state index in [9.17, 15) is 4.79 Å². The molecule has 1 fully saturated rings. The minimum Gasteiger partial charge on any atom is -0.353 e. The normalized spacial score (nSPS) is 28.7. The van der Waals surface area contributed by atoms with Crippen LogP contribution in [0, 0.1) is 0 Å². The van der Waals surface area contributed by atoms with Gasteiger partial charge in [0.25, 0.3) is 0 Å². The second-order valence-corrected chi connectivity index (χ2v) is 1.88. The van der Waals surface area contributed by atoms with Crippen LogP contribution in [-0.4, -0.2) is 11.9 Å². The van der Waals surface area contributed by atoms with Crippen LogP contribution in [0.3, 0.4) is 0 Å². The van der Waals surface area contributed by atoms with Crippen molar-refractivity contribution in [2.45, 2.75) is 25.8 Å². The van der Waals surface area contributed by atoms with Crippen LogP contribution >= 0.6 is 0 Å². The molecule has 1 amide bonds. The molecule has 40 valence electrons. The molecule has 0 unspecified atom stereocenters. The van der Waals surface area contributed by atoms with E-state index in [0.717, 1.165) is 12.8 Å². The SMILES string of the molecule is CC[C@H]1CC(=O)N1. The Kier molecular flexibility index (Phi) is 1.01. The van der Waals surface area contributed by atoms with Crippen LogP contribution in [0.2, 0.25) is 0 Å². The lowest BCUT2D eigenvalue weighted by atomic mass is 10.0. The number of hydrogen-bond acceptors (Lipinski definition) is 1. The molecule has 0 spiro atoms. The third kappa shape index (κ3) is 0.734. The summed E-state index contributed by atoms with van der Waals surface area (Å²) in [6.45, 7) is 2.07. The first kappa shape index (κ1) is 4.62. The molecule has 1 aliphatic rings. The molecule has 7 heavy (non-hydrogen) atoms. The standard InChI is InChI=1S/C5H9NO/c1-2-4-3-5(7)6-4/h4H,2-3H2,1H3,(H,6,7)/t4-/m0/s1. The van der Waals surface area contributed by atoms with Crippen molar-refractivity contribution in [3.8, 4) is 0 Å². The molecule has 0 bridgehead atoms. The Morgan fingerprint density at radius 2 is 2.57 bits per heavy atom. The number of carbonyl (C=O) groups excluding carboxylic acids is 1. The monoisotopic (exact) mass is 99.1 g/mol. The van der Waals surface area contributed by atoms with Gasteiger partial charge >= 0.3 is 0 Å². The quantitative estimate of drug-likeness (QED) is 0.470. The lowest BCUT2D eigenvalue weighted by Crippen LogP contribution is -2.47. The van der Waals surface area contributed by atoms with Crippen LogP contribution in [0.15, 0.2) is 0 Å². The Morgan fingerprint density at radius 1 is 2.00 bits per heavy atom. The molecule has 0 saturated carbocycles. The lowest BCUT2D eigenvalue weighted by molar-refractivity contribution is -0.128. The van der Waals surface area contributed by atoms with E-state index >= 15 is 0 Å². The van der Waals surface area contributed by atoms with Gasteiger partial charge in [-0.05, 0) is 6.42 Å².